The predicted molar refractivity (Wildman–Crippen MR) is 149 cm³/mol. The Morgan fingerprint density at radius 3 is 2.61 bits per heavy atom. The quantitative estimate of drug-likeness (QED) is 0.463. The molecule has 1 saturated carbocycles. The predicted octanol–water partition coefficient (Wildman–Crippen LogP) is 7.23. The van der Waals surface area contributed by atoms with Crippen LogP contribution in [-0.2, 0) is 28.9 Å². The van der Waals surface area contributed by atoms with Crippen LogP contribution in [0.5, 0.6) is 0 Å². The molecule has 2 aliphatic carbocycles. The molecule has 2 aliphatic rings. The lowest BCUT2D eigenvalue weighted by Gasteiger charge is -2.36. The molecular weight excluding hydrogens is 444 g/mol. The Morgan fingerprint density at radius 2 is 1.92 bits per heavy atom. The van der Waals surface area contributed by atoms with Gasteiger partial charge in [0.05, 0.1) is 11.6 Å². The third kappa shape index (κ3) is 5.46. The Bertz CT molecular complexity index is 1210. The van der Waals surface area contributed by atoms with Gasteiger partial charge in [0.1, 0.15) is 0 Å². The number of fused-ring (bicyclic) bond motifs is 1. The third-order valence-electron chi connectivity index (χ3n) is 8.67. The van der Waals surface area contributed by atoms with Crippen molar-refractivity contribution in [2.45, 2.75) is 72.1 Å². The van der Waals surface area contributed by atoms with Gasteiger partial charge in [-0.2, -0.15) is 5.26 Å². The molecule has 0 aromatic heterocycles. The van der Waals surface area contributed by atoms with Crippen molar-refractivity contribution in [2.24, 2.45) is 23.7 Å². The molecule has 1 fully saturated rings. The van der Waals surface area contributed by atoms with Gasteiger partial charge in [0, 0.05) is 26.8 Å². The van der Waals surface area contributed by atoms with Crippen molar-refractivity contribution < 1.29 is 12.4 Å². The summed E-state index contributed by atoms with van der Waals surface area (Å²) in [5, 5.41) is 12.4. The largest absolute Gasteiger partial charge is 0.326 e. The summed E-state index contributed by atoms with van der Waals surface area (Å²) < 4.78 is 0. The number of anilines is 1. The molecule has 2 aromatic rings. The van der Waals surface area contributed by atoms with Crippen LogP contribution in [0.1, 0.15) is 76.6 Å². The lowest BCUT2D eigenvalue weighted by atomic mass is 9.68. The van der Waals surface area contributed by atoms with Gasteiger partial charge in [-0.3, -0.25) is 9.59 Å². The number of nitriles is 1. The van der Waals surface area contributed by atoms with Gasteiger partial charge in [0.2, 0.25) is 5.91 Å². The maximum atomic E-state index is 13.3. The van der Waals surface area contributed by atoms with Gasteiger partial charge in [0.15, 0.2) is 5.78 Å². The van der Waals surface area contributed by atoms with Gasteiger partial charge in [-0.05, 0) is 104 Å². The minimum absolute atomic E-state index is 0. The molecule has 1 N–H and O–H groups in total. The maximum Gasteiger partial charge on any atom is 0.227 e. The lowest BCUT2D eigenvalue weighted by Crippen LogP contribution is -2.34. The van der Waals surface area contributed by atoms with Gasteiger partial charge in [0.25, 0.3) is 0 Å². The number of hydrogen-bond donors (Lipinski definition) is 1. The molecule has 192 valence electrons. The highest BCUT2D eigenvalue weighted by atomic mass is 16.2. The topological polar surface area (TPSA) is 70.0 Å². The molecule has 2 atom stereocenters. The van der Waals surface area contributed by atoms with Crippen molar-refractivity contribution in [1.29, 1.82) is 5.26 Å². The minimum atomic E-state index is -0.0380. The van der Waals surface area contributed by atoms with E-state index in [-0.39, 0.29) is 26.4 Å². The third-order valence-corrected chi connectivity index (χ3v) is 8.67. The first-order valence-corrected chi connectivity index (χ1v) is 13.5. The number of nitrogens with one attached hydrogen (secondary N) is 1. The van der Waals surface area contributed by atoms with Crippen LogP contribution in [0.25, 0.3) is 0 Å². The fraction of sp³-hybridized carbons (Fsp3) is 0.469. The molecule has 0 bridgehead atoms. The van der Waals surface area contributed by atoms with Crippen molar-refractivity contribution >= 4 is 17.4 Å². The number of amides is 1. The van der Waals surface area contributed by atoms with E-state index in [0.29, 0.717) is 29.5 Å². The summed E-state index contributed by atoms with van der Waals surface area (Å²) in [6, 6.07) is 14.2. The summed E-state index contributed by atoms with van der Waals surface area (Å²) in [5.74, 6) is 0.932. The first-order valence-electron chi connectivity index (χ1n) is 13.5. The summed E-state index contributed by atoms with van der Waals surface area (Å²) in [6.07, 6.45) is 7.03. The number of aryl methyl sites for hydroxylation is 2. The normalized spacial score (nSPS) is 24.6. The van der Waals surface area contributed by atoms with Crippen molar-refractivity contribution in [3.63, 3.8) is 0 Å². The van der Waals surface area contributed by atoms with E-state index >= 15 is 0 Å². The van der Waals surface area contributed by atoms with Crippen LogP contribution in [0.3, 0.4) is 0 Å². The number of allylic oxidation sites excluding steroid dienone is 1. The summed E-state index contributed by atoms with van der Waals surface area (Å²) in [7, 11) is 0. The summed E-state index contributed by atoms with van der Waals surface area (Å²) in [5.41, 5.74) is 6.95. The average Bonchev–Trinajstić information content (AvgIpc) is 2.93. The fourth-order valence-electron chi connectivity index (χ4n) is 6.45. The molecule has 2 unspecified atom stereocenters. The summed E-state index contributed by atoms with van der Waals surface area (Å²) in [6.45, 7) is 10.5. The summed E-state index contributed by atoms with van der Waals surface area (Å²) >= 11 is 0. The van der Waals surface area contributed by atoms with Crippen LogP contribution in [0.2, 0.25) is 0 Å². The summed E-state index contributed by atoms with van der Waals surface area (Å²) in [4.78, 5) is 26.3. The van der Waals surface area contributed by atoms with Crippen molar-refractivity contribution in [3.8, 4) is 6.07 Å². The Morgan fingerprint density at radius 1 is 1.17 bits per heavy atom. The number of rotatable bonds is 4. The number of benzene rings is 2. The van der Waals surface area contributed by atoms with E-state index in [1.165, 1.54) is 16.7 Å². The smallest absolute Gasteiger partial charge is 0.227 e. The van der Waals surface area contributed by atoms with Crippen molar-refractivity contribution in [3.05, 3.63) is 76.4 Å². The highest BCUT2D eigenvalue weighted by Gasteiger charge is 2.36. The van der Waals surface area contributed by atoms with Crippen molar-refractivity contribution in [1.82, 2.24) is 0 Å². The molecule has 0 radical (unpaired) electrons. The molecule has 2 aromatic carbocycles. The van der Waals surface area contributed by atoms with Crippen LogP contribution in [0.15, 0.2) is 48.6 Å². The second-order valence-electron chi connectivity index (χ2n) is 10.8. The first-order chi connectivity index (χ1) is 17.3. The van der Waals surface area contributed by atoms with Crippen LogP contribution < -0.4 is 5.32 Å². The van der Waals surface area contributed by atoms with Crippen LogP contribution >= 0.6 is 0 Å². The zero-order chi connectivity index (χ0) is 25.8. The number of nitrogens with zero attached hydrogens (tertiary/aromatic N) is 1. The van der Waals surface area contributed by atoms with Gasteiger partial charge >= 0.3 is 0 Å². The molecule has 0 heterocycles. The zero-order valence-corrected chi connectivity index (χ0v) is 21.9. The Hall–Kier alpha value is -3.19. The lowest BCUT2D eigenvalue weighted by molar-refractivity contribution is -0.123. The monoisotopic (exact) mass is 486 g/mol. The number of carbonyl (C=O) groups is 2. The Balaban J connectivity index is 0.00000253. The van der Waals surface area contributed by atoms with Crippen LogP contribution in [-0.4, -0.2) is 11.7 Å². The van der Waals surface area contributed by atoms with Crippen LogP contribution in [0, 0.1) is 41.9 Å². The number of ketones is 1. The molecule has 0 aliphatic heterocycles. The molecule has 4 rings (SSSR count). The molecule has 4 nitrogen and oxygen atoms in total. The molecule has 1 amide bonds. The van der Waals surface area contributed by atoms with E-state index < -0.39 is 0 Å². The van der Waals surface area contributed by atoms with Gasteiger partial charge < -0.3 is 5.32 Å². The first kappa shape index (κ1) is 25.9. The highest BCUT2D eigenvalue weighted by Crippen LogP contribution is 2.41. The molecular formula is C32H42N2O2. The number of carbonyl (C=O) groups excluding carboxylic acids is 2. The standard InChI is InChI=1S/C32H38N2O2.2H2/c1-5-23-13-14-28(18-27(23)19-33)34-32(36)25-11-9-24(10-12-25)30-16-15-29-20(2)7-6-8-26(29)17-21(3)31(35)22(30)4;;/h6-8,13-14,18,22,24-25,30H,3,5,9-12,15-17H2,1-2,4H3,(H,34,36);2*1H. The van der Waals surface area contributed by atoms with E-state index in [4.69, 9.17) is 0 Å². The van der Waals surface area contributed by atoms with E-state index in [1.807, 2.05) is 19.1 Å². The fourth-order valence-corrected chi connectivity index (χ4v) is 6.45. The molecule has 4 heteroatoms. The molecule has 36 heavy (non-hydrogen) atoms. The van der Waals surface area contributed by atoms with Crippen LogP contribution in [0.4, 0.5) is 5.69 Å². The Labute approximate surface area is 218 Å². The molecule has 0 saturated heterocycles. The van der Waals surface area contributed by atoms with Crippen molar-refractivity contribution in [2.75, 3.05) is 5.32 Å². The highest BCUT2D eigenvalue weighted by molar-refractivity contribution is 5.97. The SMILES string of the molecule is C=C1Cc2cccc(C)c2CCC(C2CCC(C(=O)Nc3ccc(CC)c(C#N)c3)CC2)C(C)C1=O.[HH].[HH]. The van der Waals surface area contributed by atoms with E-state index in [9.17, 15) is 14.9 Å². The maximum absolute atomic E-state index is 13.3. The van der Waals surface area contributed by atoms with E-state index in [1.54, 1.807) is 6.07 Å². The second kappa shape index (κ2) is 11.2. The minimum Gasteiger partial charge on any atom is -0.326 e. The zero-order valence-electron chi connectivity index (χ0n) is 21.9. The van der Waals surface area contributed by atoms with Gasteiger partial charge in [-0.25, -0.2) is 0 Å². The number of hydrogen-bond acceptors (Lipinski definition) is 3. The van der Waals surface area contributed by atoms with Gasteiger partial charge in [-0.1, -0.05) is 44.7 Å². The molecule has 0 spiro atoms. The van der Waals surface area contributed by atoms with E-state index in [0.717, 1.165) is 56.1 Å². The van der Waals surface area contributed by atoms with E-state index in [2.05, 4.69) is 50.0 Å². The number of Topliss-reactive ketones (excluding diaryl/α,β-unsaturated/α-hetero) is 1. The average molecular weight is 487 g/mol. The Kier molecular flexibility index (Phi) is 8.09. The second-order valence-corrected chi connectivity index (χ2v) is 10.8. The van der Waals surface area contributed by atoms with Gasteiger partial charge in [-0.15, -0.1) is 0 Å².